The Balaban J connectivity index is 0.987. The van der Waals surface area contributed by atoms with Crippen LogP contribution in [-0.2, 0) is 12.3 Å². The third-order valence-electron chi connectivity index (χ3n) is 7.88. The molecule has 0 bridgehead atoms. The van der Waals surface area contributed by atoms with Crippen LogP contribution in [0, 0.1) is 0 Å². The molecule has 9 nitrogen and oxygen atoms in total. The molecule has 4 heterocycles. The van der Waals surface area contributed by atoms with Crippen molar-refractivity contribution < 1.29 is 14.3 Å². The van der Waals surface area contributed by atoms with Gasteiger partial charge in [0.25, 0.3) is 5.91 Å². The van der Waals surface area contributed by atoms with E-state index in [2.05, 4.69) is 32.7 Å². The second kappa shape index (κ2) is 12.9. The molecule has 1 amide bonds. The van der Waals surface area contributed by atoms with Crippen LogP contribution >= 0.6 is 23.4 Å². The number of thioether (sulfide) groups is 1. The number of anilines is 1. The highest BCUT2D eigenvalue weighted by molar-refractivity contribution is 7.98. The predicted molar refractivity (Wildman–Crippen MR) is 161 cm³/mol. The van der Waals surface area contributed by atoms with Crippen molar-refractivity contribution in [2.24, 2.45) is 0 Å². The number of ether oxygens (including phenoxy) is 2. The summed E-state index contributed by atoms with van der Waals surface area (Å²) in [5.41, 5.74) is 3.02. The third kappa shape index (κ3) is 6.89. The molecule has 0 atom stereocenters. The molecule has 0 radical (unpaired) electrons. The van der Waals surface area contributed by atoms with Crippen LogP contribution in [-0.4, -0.2) is 96.3 Å². The van der Waals surface area contributed by atoms with Crippen molar-refractivity contribution in [1.29, 1.82) is 0 Å². The largest absolute Gasteiger partial charge is 0.454 e. The minimum Gasteiger partial charge on any atom is -0.454 e. The molecule has 0 unspecified atom stereocenters. The van der Waals surface area contributed by atoms with Gasteiger partial charge in [-0.15, -0.1) is 0 Å². The molecule has 3 aromatic rings. The number of fused-ring (bicyclic) bond motifs is 1. The topological polar surface area (TPSA) is 74.3 Å². The molecule has 2 aromatic carbocycles. The number of benzene rings is 2. The number of hydrogen-bond acceptors (Lipinski definition) is 9. The number of amides is 1. The molecule has 216 valence electrons. The predicted octanol–water partition coefficient (Wildman–Crippen LogP) is 4.25. The SMILES string of the molecule is CCN1CCN(c2cc(Cl)nc(SCc3ccc(C(=O)N4CCN(Cc5ccc6c(c5)OCO6)CC4)cc3)n2)CC1. The van der Waals surface area contributed by atoms with Gasteiger partial charge in [-0.1, -0.05) is 48.5 Å². The summed E-state index contributed by atoms with van der Waals surface area (Å²) in [6.45, 7) is 11.4. The first-order chi connectivity index (χ1) is 20.0. The Bertz CT molecular complexity index is 1360. The molecule has 2 saturated heterocycles. The van der Waals surface area contributed by atoms with Crippen molar-refractivity contribution in [2.75, 3.05) is 70.6 Å². The van der Waals surface area contributed by atoms with E-state index in [1.807, 2.05) is 47.4 Å². The number of hydrogen-bond donors (Lipinski definition) is 0. The monoisotopic (exact) mass is 594 g/mol. The Morgan fingerprint density at radius 1 is 0.854 bits per heavy atom. The summed E-state index contributed by atoms with van der Waals surface area (Å²) in [5, 5.41) is 1.14. The second-order valence-corrected chi connectivity index (χ2v) is 11.8. The molecular formula is C30H35ClN6O3S. The first kappa shape index (κ1) is 28.1. The lowest BCUT2D eigenvalue weighted by Gasteiger charge is -2.34. The van der Waals surface area contributed by atoms with Gasteiger partial charge >= 0.3 is 0 Å². The first-order valence-corrected chi connectivity index (χ1v) is 15.5. The fourth-order valence-corrected chi connectivity index (χ4v) is 6.42. The Morgan fingerprint density at radius 2 is 1.56 bits per heavy atom. The molecule has 3 aliphatic heterocycles. The van der Waals surface area contributed by atoms with Gasteiger partial charge in [-0.25, -0.2) is 9.97 Å². The molecule has 41 heavy (non-hydrogen) atoms. The summed E-state index contributed by atoms with van der Waals surface area (Å²) in [6, 6.07) is 15.8. The first-order valence-electron chi connectivity index (χ1n) is 14.2. The normalized spacial score (nSPS) is 17.7. The quantitative estimate of drug-likeness (QED) is 0.216. The molecule has 0 saturated carbocycles. The van der Waals surface area contributed by atoms with E-state index in [-0.39, 0.29) is 12.7 Å². The maximum absolute atomic E-state index is 13.2. The molecule has 11 heteroatoms. The number of nitrogens with zero attached hydrogens (tertiary/aromatic N) is 6. The van der Waals surface area contributed by atoms with Crippen LogP contribution < -0.4 is 14.4 Å². The minimum atomic E-state index is 0.0814. The highest BCUT2D eigenvalue weighted by Crippen LogP contribution is 2.33. The van der Waals surface area contributed by atoms with Gasteiger partial charge in [0, 0.05) is 76.3 Å². The zero-order chi connectivity index (χ0) is 28.2. The van der Waals surface area contributed by atoms with Crippen molar-refractivity contribution in [3.05, 3.63) is 70.4 Å². The average Bonchev–Trinajstić information content (AvgIpc) is 3.48. The van der Waals surface area contributed by atoms with Gasteiger partial charge in [-0.3, -0.25) is 9.69 Å². The third-order valence-corrected chi connectivity index (χ3v) is 8.99. The van der Waals surface area contributed by atoms with Gasteiger partial charge in [0.1, 0.15) is 11.0 Å². The average molecular weight is 595 g/mol. The van der Waals surface area contributed by atoms with Gasteiger partial charge in [-0.05, 0) is 41.9 Å². The maximum atomic E-state index is 13.2. The number of likely N-dealkylation sites (N-methyl/N-ethyl adjacent to an activating group) is 1. The number of halogens is 1. The molecule has 0 N–H and O–H groups in total. The standard InChI is InChI=1S/C30H35ClN6O3S/c1-2-34-9-13-36(14-10-34)28-18-27(31)32-30(33-28)41-20-22-3-6-24(7-4-22)29(38)37-15-11-35(12-16-37)19-23-5-8-25-26(17-23)40-21-39-25/h3-8,17-18H,2,9-16,19-21H2,1H3. The summed E-state index contributed by atoms with van der Waals surface area (Å²) in [7, 11) is 0. The minimum absolute atomic E-state index is 0.0814. The number of rotatable bonds is 8. The molecule has 3 aliphatic rings. The van der Waals surface area contributed by atoms with Gasteiger partial charge in [0.05, 0.1) is 0 Å². The van der Waals surface area contributed by atoms with Crippen molar-refractivity contribution in [3.63, 3.8) is 0 Å². The smallest absolute Gasteiger partial charge is 0.253 e. The zero-order valence-corrected chi connectivity index (χ0v) is 24.9. The highest BCUT2D eigenvalue weighted by atomic mass is 35.5. The fraction of sp³-hybridized carbons (Fsp3) is 0.433. The maximum Gasteiger partial charge on any atom is 0.253 e. The van der Waals surface area contributed by atoms with E-state index in [0.717, 1.165) is 80.8 Å². The summed E-state index contributed by atoms with van der Waals surface area (Å²) in [6.07, 6.45) is 0. The van der Waals surface area contributed by atoms with Gasteiger partial charge in [-0.2, -0.15) is 0 Å². The van der Waals surface area contributed by atoms with E-state index in [1.165, 1.54) is 5.56 Å². The molecule has 2 fully saturated rings. The molecule has 0 spiro atoms. The van der Waals surface area contributed by atoms with Crippen LogP contribution in [0.3, 0.4) is 0 Å². The van der Waals surface area contributed by atoms with Crippen LogP contribution in [0.4, 0.5) is 5.82 Å². The Morgan fingerprint density at radius 3 is 2.32 bits per heavy atom. The van der Waals surface area contributed by atoms with E-state index in [9.17, 15) is 4.79 Å². The van der Waals surface area contributed by atoms with Crippen LogP contribution in [0.25, 0.3) is 0 Å². The zero-order valence-electron chi connectivity index (χ0n) is 23.3. The van der Waals surface area contributed by atoms with E-state index in [4.69, 9.17) is 26.1 Å². The van der Waals surface area contributed by atoms with Crippen LogP contribution in [0.5, 0.6) is 11.5 Å². The van der Waals surface area contributed by atoms with Crippen molar-refractivity contribution in [3.8, 4) is 11.5 Å². The summed E-state index contributed by atoms with van der Waals surface area (Å²) < 4.78 is 10.9. The lowest BCUT2D eigenvalue weighted by atomic mass is 10.1. The summed E-state index contributed by atoms with van der Waals surface area (Å²) >= 11 is 7.91. The Kier molecular flexibility index (Phi) is 8.81. The van der Waals surface area contributed by atoms with Crippen LogP contribution in [0.2, 0.25) is 5.15 Å². The lowest BCUT2D eigenvalue weighted by molar-refractivity contribution is 0.0628. The Labute approximate surface area is 250 Å². The molecule has 1 aromatic heterocycles. The van der Waals surface area contributed by atoms with E-state index < -0.39 is 0 Å². The van der Waals surface area contributed by atoms with E-state index >= 15 is 0 Å². The number of aromatic nitrogens is 2. The Hall–Kier alpha value is -3.05. The molecule has 6 rings (SSSR count). The number of piperazine rings is 2. The van der Waals surface area contributed by atoms with Crippen molar-refractivity contribution in [2.45, 2.75) is 24.4 Å². The van der Waals surface area contributed by atoms with Crippen molar-refractivity contribution in [1.82, 2.24) is 24.7 Å². The molecule has 0 aliphatic carbocycles. The van der Waals surface area contributed by atoms with E-state index in [0.29, 0.717) is 29.2 Å². The van der Waals surface area contributed by atoms with Crippen molar-refractivity contribution >= 4 is 35.1 Å². The lowest BCUT2D eigenvalue weighted by Crippen LogP contribution is -2.48. The van der Waals surface area contributed by atoms with Gasteiger partial charge in [0.2, 0.25) is 6.79 Å². The highest BCUT2D eigenvalue weighted by Gasteiger charge is 2.23. The number of carbonyl (C=O) groups excluding carboxylic acids is 1. The summed E-state index contributed by atoms with van der Waals surface area (Å²) in [5.74, 6) is 3.29. The van der Waals surface area contributed by atoms with Crippen LogP contribution in [0.1, 0.15) is 28.4 Å². The molecular weight excluding hydrogens is 560 g/mol. The second-order valence-electron chi connectivity index (χ2n) is 10.5. The fourth-order valence-electron chi connectivity index (χ4n) is 5.39. The number of carbonyl (C=O) groups is 1. The van der Waals surface area contributed by atoms with Gasteiger partial charge < -0.3 is 24.2 Å². The van der Waals surface area contributed by atoms with Gasteiger partial charge in [0.15, 0.2) is 16.7 Å². The van der Waals surface area contributed by atoms with E-state index in [1.54, 1.807) is 11.8 Å². The summed E-state index contributed by atoms with van der Waals surface area (Å²) in [4.78, 5) is 31.4. The van der Waals surface area contributed by atoms with Crippen LogP contribution in [0.15, 0.2) is 53.7 Å².